The minimum atomic E-state index is -0.159. The number of aromatic nitrogens is 3. The van der Waals surface area contributed by atoms with Gasteiger partial charge < -0.3 is 18.7 Å². The Kier molecular flexibility index (Phi) is 5.93. The zero-order chi connectivity index (χ0) is 24.4. The van der Waals surface area contributed by atoms with Crippen LogP contribution in [0, 0.1) is 0 Å². The largest absolute Gasteiger partial charge is 0.497 e. The molecule has 0 fully saturated rings. The predicted molar refractivity (Wildman–Crippen MR) is 133 cm³/mol. The number of rotatable bonds is 7. The number of fused-ring (bicyclic) bond motifs is 1. The summed E-state index contributed by atoms with van der Waals surface area (Å²) in [4.78, 5) is 18.0. The highest BCUT2D eigenvalue weighted by Crippen LogP contribution is 2.33. The van der Waals surface area contributed by atoms with E-state index in [9.17, 15) is 4.79 Å². The molecule has 8 nitrogen and oxygen atoms in total. The van der Waals surface area contributed by atoms with Gasteiger partial charge in [-0.3, -0.25) is 9.36 Å². The Labute approximate surface area is 201 Å². The summed E-state index contributed by atoms with van der Waals surface area (Å²) < 4.78 is 23.6. The first-order valence-corrected chi connectivity index (χ1v) is 11.1. The fourth-order valence-corrected chi connectivity index (χ4v) is 3.95. The maximum absolute atomic E-state index is 13.3. The highest BCUT2D eigenvalue weighted by atomic mass is 16.5. The van der Waals surface area contributed by atoms with Crippen LogP contribution in [0.25, 0.3) is 39.3 Å². The molecular formula is C27H23N3O5. The smallest absolute Gasteiger partial charge is 0.262 e. The number of nitrogens with zero attached hydrogens (tertiary/aromatic N) is 3. The van der Waals surface area contributed by atoms with Crippen molar-refractivity contribution < 1.29 is 18.7 Å². The Balaban J connectivity index is 1.64. The lowest BCUT2D eigenvalue weighted by molar-refractivity contribution is 0.311. The maximum Gasteiger partial charge on any atom is 0.262 e. The van der Waals surface area contributed by atoms with E-state index in [2.05, 4.69) is 10.1 Å². The van der Waals surface area contributed by atoms with E-state index in [0.29, 0.717) is 57.8 Å². The van der Waals surface area contributed by atoms with Crippen molar-refractivity contribution in [1.29, 1.82) is 0 Å². The van der Waals surface area contributed by atoms with Crippen LogP contribution >= 0.6 is 0 Å². The predicted octanol–water partition coefficient (Wildman–Crippen LogP) is 5.12. The zero-order valence-corrected chi connectivity index (χ0v) is 19.5. The fraction of sp³-hybridized carbons (Fsp3) is 0.148. The molecule has 0 aliphatic rings. The van der Waals surface area contributed by atoms with Gasteiger partial charge in [0.25, 0.3) is 11.4 Å². The van der Waals surface area contributed by atoms with Gasteiger partial charge in [0.2, 0.25) is 5.82 Å². The molecule has 35 heavy (non-hydrogen) atoms. The Morgan fingerprint density at radius 3 is 2.51 bits per heavy atom. The van der Waals surface area contributed by atoms with E-state index in [1.807, 2.05) is 55.5 Å². The summed E-state index contributed by atoms with van der Waals surface area (Å²) in [5.41, 5.74) is 1.86. The van der Waals surface area contributed by atoms with Crippen molar-refractivity contribution in [1.82, 2.24) is 14.7 Å². The third-order valence-electron chi connectivity index (χ3n) is 5.63. The number of ether oxygens (including phenoxy) is 3. The second-order valence-electron chi connectivity index (χ2n) is 7.69. The molecule has 3 aromatic carbocycles. The Morgan fingerprint density at radius 1 is 0.914 bits per heavy atom. The van der Waals surface area contributed by atoms with Gasteiger partial charge >= 0.3 is 0 Å². The standard InChI is InChI=1S/C27H23N3O5/c1-4-34-23-13-12-17(14-24(23)33-3)25-28-26(35-29-25)22-16-30(18-8-7-9-19(15-18)32-2)27(31)21-11-6-5-10-20(21)22/h5-16H,4H2,1-3H3. The van der Waals surface area contributed by atoms with Gasteiger partial charge in [0.1, 0.15) is 5.75 Å². The molecule has 0 radical (unpaired) electrons. The van der Waals surface area contributed by atoms with Crippen molar-refractivity contribution in [3.05, 3.63) is 83.3 Å². The van der Waals surface area contributed by atoms with E-state index in [0.717, 1.165) is 5.39 Å². The van der Waals surface area contributed by atoms with Crippen LogP contribution in [-0.4, -0.2) is 35.5 Å². The quantitative estimate of drug-likeness (QED) is 0.327. The highest BCUT2D eigenvalue weighted by Gasteiger charge is 2.18. The third kappa shape index (κ3) is 4.10. The fourth-order valence-electron chi connectivity index (χ4n) is 3.95. The number of methoxy groups -OCH3 is 2. The van der Waals surface area contributed by atoms with Gasteiger partial charge in [0.15, 0.2) is 11.5 Å². The van der Waals surface area contributed by atoms with Crippen LogP contribution in [0.4, 0.5) is 0 Å². The molecule has 8 heteroatoms. The zero-order valence-electron chi connectivity index (χ0n) is 19.5. The van der Waals surface area contributed by atoms with Crippen LogP contribution in [0.1, 0.15) is 6.92 Å². The molecule has 0 amide bonds. The van der Waals surface area contributed by atoms with Crippen LogP contribution in [-0.2, 0) is 0 Å². The number of benzene rings is 3. The molecule has 0 unspecified atom stereocenters. The molecule has 0 spiro atoms. The van der Waals surface area contributed by atoms with Gasteiger partial charge in [0.05, 0.1) is 32.1 Å². The van der Waals surface area contributed by atoms with Gasteiger partial charge in [-0.1, -0.05) is 29.4 Å². The Bertz CT molecular complexity index is 1570. The minimum absolute atomic E-state index is 0.159. The van der Waals surface area contributed by atoms with Crippen molar-refractivity contribution >= 4 is 10.8 Å². The lowest BCUT2D eigenvalue weighted by Gasteiger charge is -2.11. The molecule has 0 aliphatic carbocycles. The lowest BCUT2D eigenvalue weighted by Crippen LogP contribution is -2.18. The highest BCUT2D eigenvalue weighted by molar-refractivity contribution is 5.94. The molecule has 176 valence electrons. The summed E-state index contributed by atoms with van der Waals surface area (Å²) in [6, 6.07) is 20.1. The average molecular weight is 469 g/mol. The SMILES string of the molecule is CCOc1ccc(-c2noc(-c3cn(-c4cccc(OC)c4)c(=O)c4ccccc34)n2)cc1OC. The van der Waals surface area contributed by atoms with Crippen LogP contribution in [0.2, 0.25) is 0 Å². The van der Waals surface area contributed by atoms with Gasteiger partial charge in [0, 0.05) is 28.6 Å². The van der Waals surface area contributed by atoms with Crippen molar-refractivity contribution in [3.63, 3.8) is 0 Å². The molecule has 2 heterocycles. The van der Waals surface area contributed by atoms with E-state index < -0.39 is 0 Å². The summed E-state index contributed by atoms with van der Waals surface area (Å²) in [5, 5.41) is 5.44. The normalized spacial score (nSPS) is 10.9. The third-order valence-corrected chi connectivity index (χ3v) is 5.63. The van der Waals surface area contributed by atoms with Crippen LogP contribution in [0.3, 0.4) is 0 Å². The topological polar surface area (TPSA) is 88.6 Å². The minimum Gasteiger partial charge on any atom is -0.497 e. The van der Waals surface area contributed by atoms with E-state index in [-0.39, 0.29) is 5.56 Å². The summed E-state index contributed by atoms with van der Waals surface area (Å²) in [7, 11) is 3.17. The molecule has 0 saturated carbocycles. The van der Waals surface area contributed by atoms with Crippen molar-refractivity contribution in [2.75, 3.05) is 20.8 Å². The molecular weight excluding hydrogens is 446 g/mol. The van der Waals surface area contributed by atoms with Gasteiger partial charge in [-0.05, 0) is 43.3 Å². The molecule has 5 rings (SSSR count). The van der Waals surface area contributed by atoms with Crippen LogP contribution < -0.4 is 19.8 Å². The monoisotopic (exact) mass is 469 g/mol. The van der Waals surface area contributed by atoms with E-state index in [1.54, 1.807) is 43.2 Å². The number of hydrogen-bond acceptors (Lipinski definition) is 7. The summed E-state index contributed by atoms with van der Waals surface area (Å²) in [5.74, 6) is 2.55. The van der Waals surface area contributed by atoms with Crippen molar-refractivity contribution in [2.45, 2.75) is 6.92 Å². The van der Waals surface area contributed by atoms with E-state index >= 15 is 0 Å². The summed E-state index contributed by atoms with van der Waals surface area (Å²) in [6.45, 7) is 2.44. The Morgan fingerprint density at radius 2 is 1.74 bits per heavy atom. The Hall–Kier alpha value is -4.59. The summed E-state index contributed by atoms with van der Waals surface area (Å²) in [6.07, 6.45) is 1.72. The number of pyridine rings is 1. The second kappa shape index (κ2) is 9.34. The first kappa shape index (κ1) is 22.2. The molecule has 0 N–H and O–H groups in total. The first-order valence-electron chi connectivity index (χ1n) is 11.1. The van der Waals surface area contributed by atoms with Crippen molar-refractivity contribution in [2.24, 2.45) is 0 Å². The molecule has 0 saturated heterocycles. The lowest BCUT2D eigenvalue weighted by atomic mass is 10.1. The van der Waals surface area contributed by atoms with E-state index in [4.69, 9.17) is 18.7 Å². The van der Waals surface area contributed by atoms with Crippen LogP contribution in [0.15, 0.2) is 82.2 Å². The van der Waals surface area contributed by atoms with E-state index in [1.165, 1.54) is 0 Å². The number of hydrogen-bond donors (Lipinski definition) is 0. The molecule has 0 bridgehead atoms. The van der Waals surface area contributed by atoms with Gasteiger partial charge in [-0.25, -0.2) is 0 Å². The van der Waals surface area contributed by atoms with Gasteiger partial charge in [-0.2, -0.15) is 4.98 Å². The van der Waals surface area contributed by atoms with Crippen LogP contribution in [0.5, 0.6) is 17.2 Å². The maximum atomic E-state index is 13.3. The average Bonchev–Trinajstić information content (AvgIpc) is 3.39. The molecule has 5 aromatic rings. The van der Waals surface area contributed by atoms with Crippen molar-refractivity contribution in [3.8, 4) is 45.8 Å². The molecule has 0 atom stereocenters. The first-order chi connectivity index (χ1) is 17.1. The molecule has 0 aliphatic heterocycles. The van der Waals surface area contributed by atoms with Gasteiger partial charge in [-0.15, -0.1) is 0 Å². The molecule has 2 aromatic heterocycles. The second-order valence-corrected chi connectivity index (χ2v) is 7.69. The summed E-state index contributed by atoms with van der Waals surface area (Å²) >= 11 is 0.